The van der Waals surface area contributed by atoms with Gasteiger partial charge in [0.15, 0.2) is 0 Å². The quantitative estimate of drug-likeness (QED) is 0.652. The molecule has 0 saturated carbocycles. The molecule has 5 nitrogen and oxygen atoms in total. The number of benzene rings is 2. The van der Waals surface area contributed by atoms with E-state index in [0.717, 1.165) is 22.3 Å². The van der Waals surface area contributed by atoms with Crippen LogP contribution in [0.5, 0.6) is 0 Å². The van der Waals surface area contributed by atoms with E-state index >= 15 is 0 Å². The molecular weight excluding hydrogens is 324 g/mol. The van der Waals surface area contributed by atoms with E-state index in [1.54, 1.807) is 17.0 Å². The van der Waals surface area contributed by atoms with Gasteiger partial charge in [0.2, 0.25) is 0 Å². The molecule has 0 saturated heterocycles. The van der Waals surface area contributed by atoms with Gasteiger partial charge in [-0.3, -0.25) is 5.41 Å². The molecule has 1 aliphatic rings. The molecule has 1 aliphatic heterocycles. The van der Waals surface area contributed by atoms with Crippen molar-refractivity contribution in [3.8, 4) is 0 Å². The Bertz CT molecular complexity index is 1010. The van der Waals surface area contributed by atoms with Crippen LogP contribution >= 0.6 is 11.6 Å². The summed E-state index contributed by atoms with van der Waals surface area (Å²) in [5.41, 5.74) is 4.01. The first-order chi connectivity index (χ1) is 11.5. The van der Waals surface area contributed by atoms with E-state index in [9.17, 15) is 5.11 Å². The Balaban J connectivity index is 1.74. The van der Waals surface area contributed by atoms with Crippen molar-refractivity contribution < 1.29 is 5.11 Å². The van der Waals surface area contributed by atoms with Crippen LogP contribution in [0, 0.1) is 12.3 Å². The fourth-order valence-electron chi connectivity index (χ4n) is 2.93. The van der Waals surface area contributed by atoms with Crippen LogP contribution in [0.1, 0.15) is 11.4 Å². The topological polar surface area (TPSA) is 76.0 Å². The van der Waals surface area contributed by atoms with Crippen molar-refractivity contribution >= 4 is 39.7 Å². The van der Waals surface area contributed by atoms with Crippen molar-refractivity contribution in [1.29, 1.82) is 5.41 Å². The maximum atomic E-state index is 10.4. The molecule has 0 unspecified atom stereocenters. The lowest BCUT2D eigenvalue weighted by atomic mass is 10.2. The first kappa shape index (κ1) is 14.8. The number of anilines is 1. The maximum absolute atomic E-state index is 10.4. The number of aromatic nitrogens is 2. The maximum Gasteiger partial charge on any atom is 0.145 e. The zero-order chi connectivity index (χ0) is 16.8. The highest BCUT2D eigenvalue weighted by Gasteiger charge is 2.31. The smallest absolute Gasteiger partial charge is 0.145 e. The number of aliphatic hydroxyl groups is 1. The molecule has 24 heavy (non-hydrogen) atoms. The lowest BCUT2D eigenvalue weighted by Gasteiger charge is -2.18. The average molecular weight is 339 g/mol. The van der Waals surface area contributed by atoms with Crippen LogP contribution in [0.15, 0.2) is 48.2 Å². The standard InChI is InChI=1S/C18H15ClN4O/c1-10-5-6-13-14(7-10)22-18(21-13)16-15(24)9-23(17(16)20)12-4-2-3-11(19)8-12/h2-8,20,24H,9H2,1H3,(H,21,22). The third-order valence-electron chi connectivity index (χ3n) is 4.10. The van der Waals surface area contributed by atoms with Crippen molar-refractivity contribution in [2.45, 2.75) is 6.92 Å². The Morgan fingerprint density at radius 3 is 2.88 bits per heavy atom. The highest BCUT2D eigenvalue weighted by molar-refractivity contribution is 6.32. The number of hydrogen-bond acceptors (Lipinski definition) is 3. The van der Waals surface area contributed by atoms with Crippen molar-refractivity contribution in [1.82, 2.24) is 9.97 Å². The lowest BCUT2D eigenvalue weighted by Crippen LogP contribution is -2.26. The molecule has 0 aliphatic carbocycles. The van der Waals surface area contributed by atoms with Crippen LogP contribution in [0.3, 0.4) is 0 Å². The summed E-state index contributed by atoms with van der Waals surface area (Å²) in [6, 6.07) is 13.1. The van der Waals surface area contributed by atoms with Crippen molar-refractivity contribution in [2.24, 2.45) is 0 Å². The van der Waals surface area contributed by atoms with Gasteiger partial charge in [-0.25, -0.2) is 4.98 Å². The molecule has 2 aromatic carbocycles. The minimum Gasteiger partial charge on any atom is -0.509 e. The van der Waals surface area contributed by atoms with E-state index in [0.29, 0.717) is 16.4 Å². The Morgan fingerprint density at radius 2 is 2.08 bits per heavy atom. The number of aryl methyl sites for hydroxylation is 1. The second-order valence-electron chi connectivity index (χ2n) is 5.84. The zero-order valence-electron chi connectivity index (χ0n) is 13.0. The molecule has 1 aromatic heterocycles. The van der Waals surface area contributed by atoms with Crippen molar-refractivity contribution in [2.75, 3.05) is 11.4 Å². The molecular formula is C18H15ClN4O. The van der Waals surface area contributed by atoms with Crippen molar-refractivity contribution in [3.63, 3.8) is 0 Å². The minimum atomic E-state index is 0.121. The third-order valence-corrected chi connectivity index (χ3v) is 4.33. The molecule has 120 valence electrons. The number of rotatable bonds is 2. The second-order valence-corrected chi connectivity index (χ2v) is 6.28. The summed E-state index contributed by atoms with van der Waals surface area (Å²) in [7, 11) is 0. The van der Waals surface area contributed by atoms with Crippen LogP contribution < -0.4 is 4.90 Å². The van der Waals surface area contributed by atoms with Gasteiger partial charge in [-0.2, -0.15) is 0 Å². The SMILES string of the molecule is Cc1ccc2nc(C3=C(O)CN(c4cccc(Cl)c4)C3=N)[nH]c2c1. The zero-order valence-corrected chi connectivity index (χ0v) is 13.7. The number of halogens is 1. The Morgan fingerprint density at radius 1 is 1.25 bits per heavy atom. The van der Waals surface area contributed by atoms with Gasteiger partial charge < -0.3 is 15.0 Å². The predicted octanol–water partition coefficient (Wildman–Crippen LogP) is 4.29. The van der Waals surface area contributed by atoms with Gasteiger partial charge in [-0.15, -0.1) is 0 Å². The normalized spacial score (nSPS) is 14.9. The molecule has 2 heterocycles. The Kier molecular flexibility index (Phi) is 3.32. The number of nitrogens with zero attached hydrogens (tertiary/aromatic N) is 2. The highest BCUT2D eigenvalue weighted by atomic mass is 35.5. The largest absolute Gasteiger partial charge is 0.509 e. The number of imidazole rings is 1. The average Bonchev–Trinajstić information content (AvgIpc) is 3.07. The summed E-state index contributed by atoms with van der Waals surface area (Å²) >= 11 is 6.04. The van der Waals surface area contributed by atoms with Gasteiger partial charge in [0, 0.05) is 10.7 Å². The number of hydrogen-bond donors (Lipinski definition) is 3. The third kappa shape index (κ3) is 2.34. The summed E-state index contributed by atoms with van der Waals surface area (Å²) in [6.07, 6.45) is 0. The molecule has 0 fully saturated rings. The van der Waals surface area contributed by atoms with E-state index in [4.69, 9.17) is 17.0 Å². The highest BCUT2D eigenvalue weighted by Crippen LogP contribution is 2.31. The number of aromatic amines is 1. The fraction of sp³-hybridized carbons (Fsp3) is 0.111. The van der Waals surface area contributed by atoms with E-state index < -0.39 is 0 Å². The van der Waals surface area contributed by atoms with Gasteiger partial charge in [0.05, 0.1) is 23.2 Å². The monoisotopic (exact) mass is 338 g/mol. The molecule has 0 atom stereocenters. The number of amidine groups is 1. The van der Waals surface area contributed by atoms with Crippen LogP contribution in [0.25, 0.3) is 16.6 Å². The number of fused-ring (bicyclic) bond motifs is 1. The predicted molar refractivity (Wildman–Crippen MR) is 96.9 cm³/mol. The summed E-state index contributed by atoms with van der Waals surface area (Å²) in [6.45, 7) is 2.24. The van der Waals surface area contributed by atoms with E-state index in [1.807, 2.05) is 37.3 Å². The molecule has 0 bridgehead atoms. The second kappa shape index (κ2) is 5.39. The molecule has 0 spiro atoms. The molecule has 4 rings (SSSR count). The van der Waals surface area contributed by atoms with Crippen LogP contribution in [-0.2, 0) is 0 Å². The van der Waals surface area contributed by atoms with E-state index in [2.05, 4.69) is 9.97 Å². The van der Waals surface area contributed by atoms with Gasteiger partial charge >= 0.3 is 0 Å². The lowest BCUT2D eigenvalue weighted by molar-refractivity contribution is 0.411. The summed E-state index contributed by atoms with van der Waals surface area (Å²) in [4.78, 5) is 9.42. The minimum absolute atomic E-state index is 0.121. The summed E-state index contributed by atoms with van der Waals surface area (Å²) in [5, 5.41) is 19.4. The van der Waals surface area contributed by atoms with Crippen LogP contribution in [0.2, 0.25) is 5.02 Å². The van der Waals surface area contributed by atoms with E-state index in [-0.39, 0.29) is 18.1 Å². The Hall–Kier alpha value is -2.79. The molecule has 3 N–H and O–H groups in total. The van der Waals surface area contributed by atoms with Gasteiger partial charge in [-0.05, 0) is 42.8 Å². The Labute approximate surface area is 143 Å². The molecule has 6 heteroatoms. The number of aliphatic hydroxyl groups excluding tert-OH is 1. The number of nitrogens with one attached hydrogen (secondary N) is 2. The van der Waals surface area contributed by atoms with Gasteiger partial charge in [0.25, 0.3) is 0 Å². The fourth-order valence-corrected chi connectivity index (χ4v) is 3.12. The molecule has 0 amide bonds. The first-order valence-electron chi connectivity index (χ1n) is 7.54. The van der Waals surface area contributed by atoms with Gasteiger partial charge in [0.1, 0.15) is 17.4 Å². The van der Waals surface area contributed by atoms with Crippen LogP contribution in [0.4, 0.5) is 5.69 Å². The molecule has 3 aromatic rings. The molecule has 0 radical (unpaired) electrons. The van der Waals surface area contributed by atoms with Crippen molar-refractivity contribution in [3.05, 3.63) is 64.6 Å². The first-order valence-corrected chi connectivity index (χ1v) is 7.91. The number of H-pyrrole nitrogens is 1. The summed E-state index contributed by atoms with van der Waals surface area (Å²) < 4.78 is 0. The summed E-state index contributed by atoms with van der Waals surface area (Å²) in [5.74, 6) is 0.823. The van der Waals surface area contributed by atoms with E-state index in [1.165, 1.54) is 0 Å². The van der Waals surface area contributed by atoms with Gasteiger partial charge in [-0.1, -0.05) is 23.7 Å². The van der Waals surface area contributed by atoms with Crippen LogP contribution in [-0.4, -0.2) is 27.5 Å².